The molecule has 0 saturated heterocycles. The summed E-state index contributed by atoms with van der Waals surface area (Å²) in [6, 6.07) is 0. The normalized spacial score (nSPS) is 12.8. The molecule has 0 rings (SSSR count). The molecule has 4 nitrogen and oxygen atoms in total. The monoisotopic (exact) mass is 715 g/mol. The lowest BCUT2D eigenvalue weighted by Gasteiger charge is -2.15. The van der Waals surface area contributed by atoms with Crippen molar-refractivity contribution in [3.05, 3.63) is 48.6 Å². The van der Waals surface area contributed by atoms with Gasteiger partial charge in [0.05, 0.1) is 13.2 Å². The molecular formula is C47H86O4. The van der Waals surface area contributed by atoms with Crippen molar-refractivity contribution in [2.75, 3.05) is 19.8 Å². The number of rotatable bonds is 41. The summed E-state index contributed by atoms with van der Waals surface area (Å²) < 4.78 is 11.1. The highest BCUT2D eigenvalue weighted by atomic mass is 16.6. The largest absolute Gasteiger partial charge is 0.457 e. The van der Waals surface area contributed by atoms with Gasteiger partial charge >= 0.3 is 5.97 Å². The highest BCUT2D eigenvalue weighted by Gasteiger charge is 2.13. The third-order valence-corrected chi connectivity index (χ3v) is 9.67. The standard InChI is InChI=1S/C47H86O4/c1-3-5-7-9-11-13-15-17-19-20-21-22-23-24-25-26-27-28-29-30-32-34-36-38-40-42-47(49)51-46(44-48)45-50-43-41-39-37-35-33-31-18-16-14-12-10-8-6-4-2/h6,8,12,14,18,31,35,37,46,48H,3-5,7,9-11,13,15-17,19-30,32-34,36,38-45H2,1-2H3/b8-6-,14-12-,31-18-,37-35-. The summed E-state index contributed by atoms with van der Waals surface area (Å²) >= 11 is 0. The Morgan fingerprint density at radius 2 is 0.863 bits per heavy atom. The van der Waals surface area contributed by atoms with Crippen LogP contribution in [0, 0.1) is 0 Å². The van der Waals surface area contributed by atoms with Crippen LogP contribution in [0.5, 0.6) is 0 Å². The predicted molar refractivity (Wildman–Crippen MR) is 223 cm³/mol. The first-order valence-electron chi connectivity index (χ1n) is 22.2. The molecule has 0 spiro atoms. The van der Waals surface area contributed by atoms with E-state index in [4.69, 9.17) is 9.47 Å². The smallest absolute Gasteiger partial charge is 0.306 e. The number of unbranched alkanes of at least 4 members (excludes halogenated alkanes) is 25. The zero-order valence-electron chi connectivity index (χ0n) is 34.1. The zero-order valence-corrected chi connectivity index (χ0v) is 34.1. The molecule has 0 saturated carbocycles. The van der Waals surface area contributed by atoms with E-state index in [2.05, 4.69) is 62.5 Å². The number of carbonyl (C=O) groups is 1. The molecule has 0 radical (unpaired) electrons. The van der Waals surface area contributed by atoms with Crippen molar-refractivity contribution in [1.82, 2.24) is 0 Å². The molecule has 0 aliphatic rings. The van der Waals surface area contributed by atoms with Crippen LogP contribution in [0.1, 0.15) is 219 Å². The molecule has 0 fully saturated rings. The molecule has 298 valence electrons. The van der Waals surface area contributed by atoms with Crippen molar-refractivity contribution in [2.24, 2.45) is 0 Å². The van der Waals surface area contributed by atoms with Crippen LogP contribution in [0.2, 0.25) is 0 Å². The summed E-state index contributed by atoms with van der Waals surface area (Å²) in [7, 11) is 0. The second-order valence-corrected chi connectivity index (χ2v) is 14.7. The summed E-state index contributed by atoms with van der Waals surface area (Å²) in [5.74, 6) is -0.216. The van der Waals surface area contributed by atoms with Gasteiger partial charge in [0.25, 0.3) is 0 Å². The van der Waals surface area contributed by atoms with Crippen LogP contribution in [0.4, 0.5) is 0 Å². The van der Waals surface area contributed by atoms with E-state index in [1.54, 1.807) is 0 Å². The summed E-state index contributed by atoms with van der Waals surface area (Å²) in [6.45, 7) is 5.12. The van der Waals surface area contributed by atoms with Gasteiger partial charge in [0.2, 0.25) is 0 Å². The Kier molecular flexibility index (Phi) is 43.1. The van der Waals surface area contributed by atoms with E-state index in [0.29, 0.717) is 13.0 Å². The third-order valence-electron chi connectivity index (χ3n) is 9.67. The molecule has 0 aliphatic carbocycles. The first-order chi connectivity index (χ1) is 25.2. The molecule has 0 aromatic carbocycles. The minimum absolute atomic E-state index is 0.192. The van der Waals surface area contributed by atoms with Gasteiger partial charge in [-0.3, -0.25) is 4.79 Å². The molecule has 1 atom stereocenters. The SMILES string of the molecule is CC/C=C\C/C=C\C/C=C\C/C=C\CCCOCC(CO)OC(=O)CCCCCCCCCCCCCCCCCCCCCCCCCCC. The van der Waals surface area contributed by atoms with Crippen molar-refractivity contribution in [2.45, 2.75) is 225 Å². The Bertz CT molecular complexity index is 798. The fraction of sp³-hybridized carbons (Fsp3) is 0.809. The lowest BCUT2D eigenvalue weighted by molar-refractivity contribution is -0.154. The first kappa shape index (κ1) is 49.4. The first-order valence-corrected chi connectivity index (χ1v) is 22.2. The third kappa shape index (κ3) is 42.7. The van der Waals surface area contributed by atoms with Crippen LogP contribution in [0.3, 0.4) is 0 Å². The average molecular weight is 715 g/mol. The Labute approximate surface area is 318 Å². The van der Waals surface area contributed by atoms with Crippen LogP contribution in [0.25, 0.3) is 0 Å². The number of hydrogen-bond donors (Lipinski definition) is 1. The van der Waals surface area contributed by atoms with Gasteiger partial charge in [-0.2, -0.15) is 0 Å². The van der Waals surface area contributed by atoms with E-state index in [9.17, 15) is 9.90 Å². The van der Waals surface area contributed by atoms with Crippen molar-refractivity contribution >= 4 is 5.97 Å². The summed E-state index contributed by atoms with van der Waals surface area (Å²) in [5, 5.41) is 9.58. The van der Waals surface area contributed by atoms with E-state index in [1.165, 1.54) is 148 Å². The number of carbonyl (C=O) groups excluding carboxylic acids is 1. The maximum atomic E-state index is 12.2. The number of esters is 1. The van der Waals surface area contributed by atoms with Crippen molar-refractivity contribution in [3.8, 4) is 0 Å². The second kappa shape index (κ2) is 44.5. The molecule has 0 amide bonds. The van der Waals surface area contributed by atoms with Gasteiger partial charge in [0, 0.05) is 13.0 Å². The van der Waals surface area contributed by atoms with Crippen LogP contribution < -0.4 is 0 Å². The summed E-state index contributed by atoms with van der Waals surface area (Å²) in [5.41, 5.74) is 0. The molecule has 0 aromatic heterocycles. The van der Waals surface area contributed by atoms with E-state index < -0.39 is 6.10 Å². The van der Waals surface area contributed by atoms with E-state index >= 15 is 0 Å². The zero-order chi connectivity index (χ0) is 37.0. The number of aliphatic hydroxyl groups excluding tert-OH is 1. The maximum absolute atomic E-state index is 12.2. The fourth-order valence-corrected chi connectivity index (χ4v) is 6.39. The molecule has 0 bridgehead atoms. The van der Waals surface area contributed by atoms with Crippen LogP contribution in [-0.2, 0) is 14.3 Å². The van der Waals surface area contributed by atoms with Gasteiger partial charge in [-0.15, -0.1) is 0 Å². The number of aliphatic hydroxyl groups is 1. The van der Waals surface area contributed by atoms with Crippen LogP contribution >= 0.6 is 0 Å². The molecule has 1 unspecified atom stereocenters. The molecule has 0 heterocycles. The lowest BCUT2D eigenvalue weighted by atomic mass is 10.0. The Morgan fingerprint density at radius 3 is 1.25 bits per heavy atom. The Morgan fingerprint density at radius 1 is 0.490 bits per heavy atom. The number of hydrogen-bond acceptors (Lipinski definition) is 4. The molecule has 0 aromatic rings. The lowest BCUT2D eigenvalue weighted by Crippen LogP contribution is -2.27. The summed E-state index contributed by atoms with van der Waals surface area (Å²) in [6.07, 6.45) is 57.7. The van der Waals surface area contributed by atoms with Crippen LogP contribution in [0.15, 0.2) is 48.6 Å². The highest BCUT2D eigenvalue weighted by molar-refractivity contribution is 5.69. The van der Waals surface area contributed by atoms with Crippen LogP contribution in [-0.4, -0.2) is 37.0 Å². The minimum atomic E-state index is -0.561. The summed E-state index contributed by atoms with van der Waals surface area (Å²) in [4.78, 5) is 12.2. The van der Waals surface area contributed by atoms with Crippen molar-refractivity contribution in [3.63, 3.8) is 0 Å². The number of ether oxygens (including phenoxy) is 2. The van der Waals surface area contributed by atoms with Crippen molar-refractivity contribution in [1.29, 1.82) is 0 Å². The van der Waals surface area contributed by atoms with E-state index in [1.807, 2.05) is 0 Å². The topological polar surface area (TPSA) is 55.8 Å². The molecule has 51 heavy (non-hydrogen) atoms. The predicted octanol–water partition coefficient (Wildman–Crippen LogP) is 14.7. The van der Waals surface area contributed by atoms with Crippen molar-refractivity contribution < 1.29 is 19.4 Å². The Balaban J connectivity index is 3.41. The van der Waals surface area contributed by atoms with E-state index in [-0.39, 0.29) is 19.2 Å². The van der Waals surface area contributed by atoms with Gasteiger partial charge in [-0.1, -0.05) is 217 Å². The van der Waals surface area contributed by atoms with Gasteiger partial charge in [0.15, 0.2) is 0 Å². The molecular weight excluding hydrogens is 629 g/mol. The average Bonchev–Trinajstić information content (AvgIpc) is 3.14. The Hall–Kier alpha value is -1.65. The highest BCUT2D eigenvalue weighted by Crippen LogP contribution is 2.16. The van der Waals surface area contributed by atoms with Gasteiger partial charge in [-0.25, -0.2) is 0 Å². The molecule has 4 heteroatoms. The maximum Gasteiger partial charge on any atom is 0.306 e. The minimum Gasteiger partial charge on any atom is -0.457 e. The van der Waals surface area contributed by atoms with Gasteiger partial charge in [0.1, 0.15) is 6.10 Å². The van der Waals surface area contributed by atoms with Gasteiger partial charge < -0.3 is 14.6 Å². The second-order valence-electron chi connectivity index (χ2n) is 14.7. The van der Waals surface area contributed by atoms with Gasteiger partial charge in [-0.05, 0) is 44.9 Å². The molecule has 1 N–H and O–H groups in total. The number of allylic oxidation sites excluding steroid dienone is 8. The quantitative estimate of drug-likeness (QED) is 0.0389. The molecule has 0 aliphatic heterocycles. The fourth-order valence-electron chi connectivity index (χ4n) is 6.39. The van der Waals surface area contributed by atoms with E-state index in [0.717, 1.165) is 51.4 Å².